The Kier molecular flexibility index (Phi) is 4.93. The number of carbonyl (C=O) groups is 1. The minimum absolute atomic E-state index is 0.118. The lowest BCUT2D eigenvalue weighted by Gasteiger charge is -2.31. The van der Waals surface area contributed by atoms with E-state index < -0.39 is 0 Å². The standard InChI is InChI=1S/C20H23FN6O/c1-14-22-8-11-27(14)13-18-23-24-19(25(18)2)15-6-9-26(10-7-15)20(28)16-4-3-5-17(21)12-16/h3-5,8,11-12,15H,6-7,9-10,13H2,1-2H3. The Bertz CT molecular complexity index is 986. The Hall–Kier alpha value is -3.03. The van der Waals surface area contributed by atoms with Crippen LogP contribution in [0.2, 0.25) is 0 Å². The van der Waals surface area contributed by atoms with Crippen LogP contribution in [0.4, 0.5) is 4.39 Å². The second kappa shape index (κ2) is 7.53. The van der Waals surface area contributed by atoms with Crippen molar-refractivity contribution in [3.8, 4) is 0 Å². The summed E-state index contributed by atoms with van der Waals surface area (Å²) in [6, 6.07) is 5.87. The highest BCUT2D eigenvalue weighted by atomic mass is 19.1. The SMILES string of the molecule is Cc1nccn1Cc1nnc(C2CCN(C(=O)c3cccc(F)c3)CC2)n1C. The highest BCUT2D eigenvalue weighted by Gasteiger charge is 2.28. The number of amides is 1. The van der Waals surface area contributed by atoms with Gasteiger partial charge in [0, 0.05) is 44.0 Å². The van der Waals surface area contributed by atoms with Gasteiger partial charge < -0.3 is 14.0 Å². The molecule has 2 aromatic heterocycles. The number of hydrogen-bond donors (Lipinski definition) is 0. The van der Waals surface area contributed by atoms with Crippen molar-refractivity contribution in [1.82, 2.24) is 29.2 Å². The molecule has 0 unspecified atom stereocenters. The molecule has 1 aliphatic heterocycles. The average Bonchev–Trinajstić information content (AvgIpc) is 3.27. The first kappa shape index (κ1) is 18.3. The topological polar surface area (TPSA) is 68.8 Å². The van der Waals surface area contributed by atoms with Crippen molar-refractivity contribution in [2.75, 3.05) is 13.1 Å². The van der Waals surface area contributed by atoms with Crippen molar-refractivity contribution in [2.24, 2.45) is 7.05 Å². The molecule has 0 saturated carbocycles. The third kappa shape index (κ3) is 3.54. The third-order valence-corrected chi connectivity index (χ3v) is 5.45. The molecule has 1 saturated heterocycles. The molecular formula is C20H23FN6O. The molecule has 0 atom stereocenters. The molecule has 1 aromatic carbocycles. The number of carbonyl (C=O) groups excluding carboxylic acids is 1. The fraction of sp³-hybridized carbons (Fsp3) is 0.400. The van der Waals surface area contributed by atoms with E-state index in [0.29, 0.717) is 25.2 Å². The fourth-order valence-corrected chi connectivity index (χ4v) is 3.74. The normalized spacial score (nSPS) is 15.2. The van der Waals surface area contributed by atoms with Crippen molar-refractivity contribution in [3.63, 3.8) is 0 Å². The quantitative estimate of drug-likeness (QED) is 0.695. The Morgan fingerprint density at radius 3 is 2.71 bits per heavy atom. The van der Waals surface area contributed by atoms with Crippen LogP contribution in [-0.4, -0.2) is 48.2 Å². The maximum Gasteiger partial charge on any atom is 0.253 e. The van der Waals surface area contributed by atoms with E-state index in [1.54, 1.807) is 23.2 Å². The smallest absolute Gasteiger partial charge is 0.253 e. The van der Waals surface area contributed by atoms with Crippen LogP contribution >= 0.6 is 0 Å². The molecule has 0 aliphatic carbocycles. The zero-order valence-corrected chi connectivity index (χ0v) is 16.0. The van der Waals surface area contributed by atoms with Crippen LogP contribution in [0, 0.1) is 12.7 Å². The van der Waals surface area contributed by atoms with Crippen molar-refractivity contribution >= 4 is 5.91 Å². The van der Waals surface area contributed by atoms with E-state index in [0.717, 1.165) is 30.3 Å². The van der Waals surface area contributed by atoms with E-state index in [1.807, 2.05) is 29.3 Å². The van der Waals surface area contributed by atoms with Gasteiger partial charge in [-0.3, -0.25) is 4.79 Å². The van der Waals surface area contributed by atoms with Crippen molar-refractivity contribution in [2.45, 2.75) is 32.2 Å². The molecule has 1 amide bonds. The van der Waals surface area contributed by atoms with Gasteiger partial charge in [-0.1, -0.05) is 6.07 Å². The van der Waals surface area contributed by atoms with Crippen molar-refractivity contribution in [3.05, 3.63) is 65.5 Å². The summed E-state index contributed by atoms with van der Waals surface area (Å²) in [6.07, 6.45) is 5.34. The van der Waals surface area contributed by atoms with Crippen molar-refractivity contribution < 1.29 is 9.18 Å². The van der Waals surface area contributed by atoms with Gasteiger partial charge in [0.2, 0.25) is 0 Å². The van der Waals surface area contributed by atoms with Gasteiger partial charge in [0.15, 0.2) is 5.82 Å². The maximum absolute atomic E-state index is 13.4. The predicted octanol–water partition coefficient (Wildman–Crippen LogP) is 2.53. The lowest BCUT2D eigenvalue weighted by atomic mass is 9.95. The third-order valence-electron chi connectivity index (χ3n) is 5.45. The summed E-state index contributed by atoms with van der Waals surface area (Å²) in [5.41, 5.74) is 0.398. The largest absolute Gasteiger partial charge is 0.339 e. The zero-order chi connectivity index (χ0) is 19.7. The number of rotatable bonds is 4. The Labute approximate surface area is 162 Å². The number of aryl methyl sites for hydroxylation is 1. The molecule has 0 radical (unpaired) electrons. The first-order valence-electron chi connectivity index (χ1n) is 9.43. The summed E-state index contributed by atoms with van der Waals surface area (Å²) in [7, 11) is 1.99. The maximum atomic E-state index is 13.4. The van der Waals surface area contributed by atoms with Gasteiger partial charge in [0.25, 0.3) is 5.91 Å². The Morgan fingerprint density at radius 2 is 2.04 bits per heavy atom. The molecule has 4 rings (SSSR count). The molecule has 146 valence electrons. The lowest BCUT2D eigenvalue weighted by molar-refractivity contribution is 0.0710. The second-order valence-corrected chi connectivity index (χ2v) is 7.21. The van der Waals surface area contributed by atoms with Gasteiger partial charge in [0.1, 0.15) is 17.5 Å². The van der Waals surface area contributed by atoms with Gasteiger partial charge in [0.05, 0.1) is 6.54 Å². The molecule has 0 N–H and O–H groups in total. The fourth-order valence-electron chi connectivity index (χ4n) is 3.74. The molecule has 7 nitrogen and oxygen atoms in total. The van der Waals surface area contributed by atoms with Crippen LogP contribution in [0.1, 0.15) is 46.6 Å². The highest BCUT2D eigenvalue weighted by Crippen LogP contribution is 2.27. The van der Waals surface area contributed by atoms with E-state index in [9.17, 15) is 9.18 Å². The summed E-state index contributed by atoms with van der Waals surface area (Å²) >= 11 is 0. The van der Waals surface area contributed by atoms with Gasteiger partial charge >= 0.3 is 0 Å². The number of hydrogen-bond acceptors (Lipinski definition) is 4. The minimum atomic E-state index is -0.388. The predicted molar refractivity (Wildman–Crippen MR) is 101 cm³/mol. The van der Waals surface area contributed by atoms with Crippen LogP contribution in [0.5, 0.6) is 0 Å². The van der Waals surface area contributed by atoms with Crippen LogP contribution in [0.25, 0.3) is 0 Å². The second-order valence-electron chi connectivity index (χ2n) is 7.21. The lowest BCUT2D eigenvalue weighted by Crippen LogP contribution is -2.38. The van der Waals surface area contributed by atoms with Crippen LogP contribution in [0.3, 0.4) is 0 Å². The summed E-state index contributed by atoms with van der Waals surface area (Å²) in [5.74, 6) is 2.52. The highest BCUT2D eigenvalue weighted by molar-refractivity contribution is 5.94. The van der Waals surface area contributed by atoms with E-state index in [1.165, 1.54) is 12.1 Å². The number of halogens is 1. The summed E-state index contributed by atoms with van der Waals surface area (Å²) in [6.45, 7) is 3.85. The summed E-state index contributed by atoms with van der Waals surface area (Å²) in [4.78, 5) is 18.6. The summed E-state index contributed by atoms with van der Waals surface area (Å²) < 4.78 is 17.5. The molecular weight excluding hydrogens is 359 g/mol. The van der Waals surface area contributed by atoms with Crippen LogP contribution < -0.4 is 0 Å². The van der Waals surface area contributed by atoms with E-state index in [2.05, 4.69) is 15.2 Å². The molecule has 1 aliphatic rings. The molecule has 3 aromatic rings. The molecule has 28 heavy (non-hydrogen) atoms. The minimum Gasteiger partial charge on any atom is -0.339 e. The zero-order valence-electron chi connectivity index (χ0n) is 16.0. The van der Waals surface area contributed by atoms with E-state index in [4.69, 9.17) is 0 Å². The number of piperidine rings is 1. The van der Waals surface area contributed by atoms with E-state index >= 15 is 0 Å². The number of nitrogens with zero attached hydrogens (tertiary/aromatic N) is 6. The number of aromatic nitrogens is 5. The van der Waals surface area contributed by atoms with Crippen molar-refractivity contribution in [1.29, 1.82) is 0 Å². The van der Waals surface area contributed by atoms with E-state index in [-0.39, 0.29) is 17.6 Å². The average molecular weight is 382 g/mol. The molecule has 3 heterocycles. The summed E-state index contributed by atoms with van der Waals surface area (Å²) in [5, 5.41) is 8.78. The Balaban J connectivity index is 1.41. The van der Waals surface area contributed by atoms with Gasteiger partial charge in [-0.05, 0) is 38.0 Å². The van der Waals surface area contributed by atoms with Crippen LogP contribution in [0.15, 0.2) is 36.7 Å². The van der Waals surface area contributed by atoms with Gasteiger partial charge in [-0.15, -0.1) is 10.2 Å². The first-order valence-corrected chi connectivity index (χ1v) is 9.43. The van der Waals surface area contributed by atoms with Gasteiger partial charge in [-0.2, -0.15) is 0 Å². The number of imidazole rings is 1. The first-order chi connectivity index (χ1) is 13.5. The van der Waals surface area contributed by atoms with Gasteiger partial charge in [-0.25, -0.2) is 9.37 Å². The Morgan fingerprint density at radius 1 is 1.25 bits per heavy atom. The molecule has 0 spiro atoms. The molecule has 0 bridgehead atoms. The number of likely N-dealkylation sites (tertiary alicyclic amines) is 1. The monoisotopic (exact) mass is 382 g/mol. The molecule has 8 heteroatoms. The number of benzene rings is 1. The van der Waals surface area contributed by atoms with Crippen LogP contribution in [-0.2, 0) is 13.6 Å². The molecule has 1 fully saturated rings.